The third-order valence-corrected chi connectivity index (χ3v) is 5.71. The second-order valence-corrected chi connectivity index (χ2v) is 8.52. The quantitative estimate of drug-likeness (QED) is 0.521. The molecule has 1 atom stereocenters. The summed E-state index contributed by atoms with van der Waals surface area (Å²) in [6.45, 7) is 7.86. The van der Waals surface area contributed by atoms with E-state index in [0.717, 1.165) is 26.9 Å². The molecule has 0 aliphatic carbocycles. The number of anilines is 1. The number of carbonyl (C=O) groups excluding carboxylic acids is 1. The molecule has 0 fully saturated rings. The van der Waals surface area contributed by atoms with Crippen LogP contribution in [0, 0.1) is 20.8 Å². The third kappa shape index (κ3) is 4.59. The minimum absolute atomic E-state index is 0.101. The maximum absolute atomic E-state index is 12.6. The van der Waals surface area contributed by atoms with Crippen LogP contribution in [0.25, 0.3) is 11.5 Å². The average molecular weight is 446 g/mol. The van der Waals surface area contributed by atoms with Crippen LogP contribution in [0.15, 0.2) is 50.5 Å². The normalized spacial score (nSPS) is 12.0. The number of thioether (sulfide) groups is 1. The number of halogens is 1. The number of carbonyl (C=O) groups is 1. The number of benzene rings is 2. The fourth-order valence-electron chi connectivity index (χ4n) is 2.81. The molecule has 0 aliphatic heterocycles. The van der Waals surface area contributed by atoms with Crippen LogP contribution in [0.3, 0.4) is 0 Å². The van der Waals surface area contributed by atoms with Crippen LogP contribution in [-0.2, 0) is 4.79 Å². The number of aryl methyl sites for hydroxylation is 3. The van der Waals surface area contributed by atoms with Gasteiger partial charge in [-0.1, -0.05) is 41.6 Å². The Morgan fingerprint density at radius 3 is 2.48 bits per heavy atom. The smallest absolute Gasteiger partial charge is 0.277 e. The van der Waals surface area contributed by atoms with Crippen LogP contribution in [0.5, 0.6) is 0 Å². The lowest BCUT2D eigenvalue weighted by Gasteiger charge is -2.15. The summed E-state index contributed by atoms with van der Waals surface area (Å²) < 4.78 is 6.59. The number of nitrogens with one attached hydrogen (secondary N) is 1. The van der Waals surface area contributed by atoms with Crippen molar-refractivity contribution in [1.82, 2.24) is 10.2 Å². The lowest BCUT2D eigenvalue weighted by Crippen LogP contribution is -2.23. The predicted molar refractivity (Wildman–Crippen MR) is 112 cm³/mol. The highest BCUT2D eigenvalue weighted by Gasteiger charge is 2.20. The first-order valence-corrected chi connectivity index (χ1v) is 10.2. The highest BCUT2D eigenvalue weighted by molar-refractivity contribution is 9.10. The molecule has 1 aromatic heterocycles. The van der Waals surface area contributed by atoms with Gasteiger partial charge >= 0.3 is 0 Å². The van der Waals surface area contributed by atoms with E-state index in [1.54, 1.807) is 0 Å². The first-order chi connectivity index (χ1) is 12.8. The van der Waals surface area contributed by atoms with E-state index in [1.165, 1.54) is 17.3 Å². The third-order valence-electron chi connectivity index (χ3n) is 4.08. The van der Waals surface area contributed by atoms with Crippen molar-refractivity contribution in [2.24, 2.45) is 0 Å². The molecule has 27 heavy (non-hydrogen) atoms. The summed E-state index contributed by atoms with van der Waals surface area (Å²) in [5, 5.41) is 11.1. The van der Waals surface area contributed by atoms with Gasteiger partial charge < -0.3 is 9.73 Å². The van der Waals surface area contributed by atoms with Gasteiger partial charge in [0.05, 0.1) is 10.8 Å². The number of aromatic nitrogens is 2. The summed E-state index contributed by atoms with van der Waals surface area (Å²) in [6, 6.07) is 11.7. The number of rotatable bonds is 5. The number of nitrogens with zero attached hydrogens (tertiary/aromatic N) is 2. The van der Waals surface area contributed by atoms with Gasteiger partial charge in [-0.15, -0.1) is 10.2 Å². The van der Waals surface area contributed by atoms with Crippen LogP contribution < -0.4 is 5.32 Å². The molecule has 140 valence electrons. The molecule has 1 unspecified atom stereocenters. The van der Waals surface area contributed by atoms with Crippen molar-refractivity contribution in [3.8, 4) is 11.5 Å². The number of amides is 1. The van der Waals surface area contributed by atoms with Crippen molar-refractivity contribution >= 4 is 39.3 Å². The zero-order valence-electron chi connectivity index (χ0n) is 15.5. The van der Waals surface area contributed by atoms with Gasteiger partial charge in [0.1, 0.15) is 0 Å². The van der Waals surface area contributed by atoms with Crippen molar-refractivity contribution in [3.63, 3.8) is 0 Å². The Morgan fingerprint density at radius 2 is 1.81 bits per heavy atom. The Bertz CT molecular complexity index is 964. The van der Waals surface area contributed by atoms with E-state index in [4.69, 9.17) is 4.42 Å². The summed E-state index contributed by atoms with van der Waals surface area (Å²) in [5.74, 6) is 0.318. The largest absolute Gasteiger partial charge is 0.411 e. The molecule has 1 amide bonds. The molecule has 1 heterocycles. The van der Waals surface area contributed by atoms with Gasteiger partial charge in [-0.25, -0.2) is 0 Å². The van der Waals surface area contributed by atoms with Crippen LogP contribution in [0.1, 0.15) is 23.6 Å². The number of hydrogen-bond donors (Lipinski definition) is 1. The molecule has 0 saturated carbocycles. The van der Waals surface area contributed by atoms with E-state index >= 15 is 0 Å². The lowest BCUT2D eigenvalue weighted by molar-refractivity contribution is -0.115. The Hall–Kier alpha value is -2.12. The van der Waals surface area contributed by atoms with Crippen molar-refractivity contribution in [1.29, 1.82) is 0 Å². The Labute approximate surface area is 171 Å². The van der Waals surface area contributed by atoms with Crippen LogP contribution in [0.2, 0.25) is 0 Å². The Balaban J connectivity index is 1.70. The van der Waals surface area contributed by atoms with E-state index in [2.05, 4.69) is 43.6 Å². The summed E-state index contributed by atoms with van der Waals surface area (Å²) in [6.07, 6.45) is 0. The van der Waals surface area contributed by atoms with Crippen molar-refractivity contribution in [2.45, 2.75) is 38.2 Å². The molecule has 7 heteroatoms. The Morgan fingerprint density at radius 1 is 1.15 bits per heavy atom. The molecule has 3 rings (SSSR count). The number of hydrogen-bond acceptors (Lipinski definition) is 5. The van der Waals surface area contributed by atoms with Crippen molar-refractivity contribution < 1.29 is 9.21 Å². The molecule has 5 nitrogen and oxygen atoms in total. The zero-order valence-corrected chi connectivity index (χ0v) is 17.9. The fraction of sp³-hybridized carbons (Fsp3) is 0.250. The molecule has 0 saturated heterocycles. The van der Waals surface area contributed by atoms with E-state index in [0.29, 0.717) is 11.1 Å². The van der Waals surface area contributed by atoms with Crippen LogP contribution in [-0.4, -0.2) is 21.4 Å². The lowest BCUT2D eigenvalue weighted by atomic mass is 10.1. The van der Waals surface area contributed by atoms with Gasteiger partial charge in [0, 0.05) is 10.2 Å². The fourth-order valence-corrected chi connectivity index (χ4v) is 3.95. The highest BCUT2D eigenvalue weighted by Crippen LogP contribution is 2.31. The van der Waals surface area contributed by atoms with Gasteiger partial charge in [-0.05, 0) is 66.9 Å². The summed E-state index contributed by atoms with van der Waals surface area (Å²) in [4.78, 5) is 12.6. The van der Waals surface area contributed by atoms with Crippen molar-refractivity contribution in [2.75, 3.05) is 5.32 Å². The van der Waals surface area contributed by atoms with Gasteiger partial charge in [-0.2, -0.15) is 0 Å². The summed E-state index contributed by atoms with van der Waals surface area (Å²) in [5.41, 5.74) is 4.95. The van der Waals surface area contributed by atoms with E-state index in [-0.39, 0.29) is 11.2 Å². The van der Waals surface area contributed by atoms with Gasteiger partial charge in [0.2, 0.25) is 11.8 Å². The van der Waals surface area contributed by atoms with E-state index in [9.17, 15) is 4.79 Å². The molecule has 0 aliphatic rings. The molecule has 1 N–H and O–H groups in total. The van der Waals surface area contributed by atoms with Crippen LogP contribution in [0.4, 0.5) is 5.69 Å². The Kier molecular flexibility index (Phi) is 6.01. The molecule has 0 spiro atoms. The molecule has 0 bridgehead atoms. The first kappa shape index (κ1) is 19.6. The SMILES string of the molecule is Cc1cc(C)c(NC(=O)C(C)Sc2nnc(-c3ccccc3Br)o2)c(C)c1. The monoisotopic (exact) mass is 445 g/mol. The highest BCUT2D eigenvalue weighted by atomic mass is 79.9. The first-order valence-electron chi connectivity index (χ1n) is 8.49. The summed E-state index contributed by atoms with van der Waals surface area (Å²) in [7, 11) is 0. The minimum atomic E-state index is -0.377. The van der Waals surface area contributed by atoms with Crippen molar-refractivity contribution in [3.05, 3.63) is 57.6 Å². The molecule has 2 aromatic carbocycles. The average Bonchev–Trinajstić information content (AvgIpc) is 3.06. The second kappa shape index (κ2) is 8.27. The van der Waals surface area contributed by atoms with E-state index < -0.39 is 0 Å². The van der Waals surface area contributed by atoms with Gasteiger partial charge in [-0.3, -0.25) is 4.79 Å². The van der Waals surface area contributed by atoms with Gasteiger partial charge in [0.25, 0.3) is 5.22 Å². The maximum Gasteiger partial charge on any atom is 0.277 e. The maximum atomic E-state index is 12.6. The topological polar surface area (TPSA) is 68.0 Å². The predicted octanol–water partition coefficient (Wildman–Crippen LogP) is 5.54. The second-order valence-electron chi connectivity index (χ2n) is 6.38. The standard InChI is InChI=1S/C20H20BrN3O2S/c1-11-9-12(2)17(13(3)10-11)22-18(25)14(4)27-20-24-23-19(26-20)15-7-5-6-8-16(15)21/h5-10,14H,1-4H3,(H,22,25). The molecular formula is C20H20BrN3O2S. The summed E-state index contributed by atoms with van der Waals surface area (Å²) >= 11 is 4.71. The van der Waals surface area contributed by atoms with Gasteiger partial charge in [0.15, 0.2) is 0 Å². The molecule has 3 aromatic rings. The minimum Gasteiger partial charge on any atom is -0.411 e. The molecular weight excluding hydrogens is 426 g/mol. The van der Waals surface area contributed by atoms with Crippen LogP contribution >= 0.6 is 27.7 Å². The van der Waals surface area contributed by atoms with E-state index in [1.807, 2.05) is 52.0 Å². The molecule has 0 radical (unpaired) electrons. The zero-order chi connectivity index (χ0) is 19.6.